The first-order chi connectivity index (χ1) is 10.8. The van der Waals surface area contributed by atoms with E-state index in [0.717, 1.165) is 32.3 Å². The summed E-state index contributed by atoms with van der Waals surface area (Å²) in [7, 11) is 2.87. The molecule has 2 aromatic carbocycles. The third kappa shape index (κ3) is 1.59. The van der Waals surface area contributed by atoms with Crippen LogP contribution in [0.15, 0.2) is 18.2 Å². The Hall–Kier alpha value is -2.22. The average molecular weight is 412 g/mol. The van der Waals surface area contributed by atoms with Crippen molar-refractivity contribution in [2.45, 2.75) is 0 Å². The standard InChI is InChI=1S/C16H9N2O4.Sn/c1-17-13(19)7-3-5-9-12-10(16(22)18(2)15(9)21)6-4-8(11(7)12)14(17)20;/h3-5H,1-2H3;. The Kier molecular flexibility index (Phi) is 2.76. The minimum atomic E-state index is -0.421. The van der Waals surface area contributed by atoms with Crippen LogP contribution in [0.1, 0.15) is 41.4 Å². The molecule has 2 aliphatic rings. The molecule has 111 valence electrons. The summed E-state index contributed by atoms with van der Waals surface area (Å²) in [6.07, 6.45) is 0. The van der Waals surface area contributed by atoms with Gasteiger partial charge in [0, 0.05) is 0 Å². The monoisotopic (exact) mass is 413 g/mol. The van der Waals surface area contributed by atoms with Crippen LogP contribution in [0.3, 0.4) is 0 Å². The molecule has 2 aromatic rings. The van der Waals surface area contributed by atoms with E-state index in [1.165, 1.54) is 14.1 Å². The van der Waals surface area contributed by atoms with Crippen molar-refractivity contribution in [2.24, 2.45) is 0 Å². The van der Waals surface area contributed by atoms with Crippen LogP contribution in [0.25, 0.3) is 10.8 Å². The Bertz CT molecular complexity index is 995. The maximum absolute atomic E-state index is 12.5. The summed E-state index contributed by atoms with van der Waals surface area (Å²) in [5.74, 6) is -1.64. The van der Waals surface area contributed by atoms with Crippen LogP contribution in [0, 0.1) is 0 Å². The molecule has 0 bridgehead atoms. The second kappa shape index (κ2) is 4.41. The summed E-state index contributed by atoms with van der Waals surface area (Å²) < 4.78 is 0.707. The fourth-order valence-electron chi connectivity index (χ4n) is 3.21. The quantitative estimate of drug-likeness (QED) is 0.454. The molecule has 23 heavy (non-hydrogen) atoms. The predicted octanol–water partition coefficient (Wildman–Crippen LogP) is 0.0852. The molecular formula is C16H9N2O4Sn. The van der Waals surface area contributed by atoms with Gasteiger partial charge in [-0.15, -0.1) is 0 Å². The van der Waals surface area contributed by atoms with Crippen molar-refractivity contribution >= 4 is 60.5 Å². The molecule has 2 aliphatic heterocycles. The summed E-state index contributed by atoms with van der Waals surface area (Å²) in [5.41, 5.74) is 1.50. The van der Waals surface area contributed by atoms with E-state index in [9.17, 15) is 19.2 Å². The van der Waals surface area contributed by atoms with Gasteiger partial charge in [-0.1, -0.05) is 0 Å². The van der Waals surface area contributed by atoms with E-state index < -0.39 is 23.6 Å². The molecule has 0 aliphatic carbocycles. The van der Waals surface area contributed by atoms with Gasteiger partial charge in [-0.05, 0) is 0 Å². The molecule has 0 fully saturated rings. The van der Waals surface area contributed by atoms with E-state index in [0.29, 0.717) is 36.6 Å². The Labute approximate surface area is 144 Å². The molecule has 0 unspecified atom stereocenters. The number of rotatable bonds is 0. The molecule has 0 saturated carbocycles. The molecule has 0 spiro atoms. The number of nitrogens with zero attached hydrogens (tertiary/aromatic N) is 2. The van der Waals surface area contributed by atoms with Crippen LogP contribution in [0.2, 0.25) is 0 Å². The summed E-state index contributed by atoms with van der Waals surface area (Å²) in [6.45, 7) is 0. The van der Waals surface area contributed by atoms with Crippen molar-refractivity contribution in [3.05, 3.63) is 40.5 Å². The van der Waals surface area contributed by atoms with Crippen LogP contribution in [-0.2, 0) is 0 Å². The van der Waals surface area contributed by atoms with Gasteiger partial charge >= 0.3 is 144 Å². The zero-order chi connectivity index (χ0) is 16.6. The fourth-order valence-corrected chi connectivity index (χ4v) is 4.28. The third-order valence-electron chi connectivity index (χ3n) is 4.41. The molecule has 0 atom stereocenters. The average Bonchev–Trinajstić information content (AvgIpc) is 2.54. The molecule has 2 heterocycles. The van der Waals surface area contributed by atoms with Crippen molar-refractivity contribution in [1.29, 1.82) is 0 Å². The molecule has 0 N–H and O–H groups in total. The first-order valence-electron chi connectivity index (χ1n) is 6.84. The Morgan fingerprint density at radius 2 is 1.22 bits per heavy atom. The van der Waals surface area contributed by atoms with Gasteiger partial charge in [-0.25, -0.2) is 0 Å². The van der Waals surface area contributed by atoms with E-state index in [-0.39, 0.29) is 0 Å². The van der Waals surface area contributed by atoms with E-state index in [1.807, 2.05) is 0 Å². The van der Waals surface area contributed by atoms with Gasteiger partial charge in [-0.2, -0.15) is 0 Å². The van der Waals surface area contributed by atoms with Crippen molar-refractivity contribution in [1.82, 2.24) is 9.80 Å². The van der Waals surface area contributed by atoms with Gasteiger partial charge in [0.1, 0.15) is 0 Å². The molecular weight excluding hydrogens is 403 g/mol. The number of benzene rings is 2. The maximum atomic E-state index is 12.5. The Morgan fingerprint density at radius 3 is 1.83 bits per heavy atom. The first kappa shape index (κ1) is 14.4. The Balaban J connectivity index is 2.28. The molecule has 7 heteroatoms. The molecule has 4 rings (SSSR count). The van der Waals surface area contributed by atoms with Crippen molar-refractivity contribution in [2.75, 3.05) is 14.1 Å². The van der Waals surface area contributed by atoms with Gasteiger partial charge in [0.05, 0.1) is 0 Å². The number of carbonyl (C=O) groups excluding carboxylic acids is 4. The zero-order valence-electron chi connectivity index (χ0n) is 12.3. The minimum absolute atomic E-state index is 0.350. The number of carbonyl (C=O) groups is 4. The fraction of sp³-hybridized carbons (Fsp3) is 0.125. The van der Waals surface area contributed by atoms with Crippen LogP contribution < -0.4 is 3.58 Å². The molecule has 0 aromatic heterocycles. The second-order valence-electron chi connectivity index (χ2n) is 5.60. The normalized spacial score (nSPS) is 16.7. The van der Waals surface area contributed by atoms with Crippen molar-refractivity contribution in [3.63, 3.8) is 0 Å². The summed E-state index contributed by atoms with van der Waals surface area (Å²) in [4.78, 5) is 51.9. The molecule has 3 radical (unpaired) electrons. The van der Waals surface area contributed by atoms with Gasteiger partial charge in [0.15, 0.2) is 0 Å². The topological polar surface area (TPSA) is 74.8 Å². The van der Waals surface area contributed by atoms with E-state index in [4.69, 9.17) is 0 Å². The number of amides is 4. The molecule has 4 amide bonds. The first-order valence-corrected chi connectivity index (χ1v) is 8.27. The zero-order valence-corrected chi connectivity index (χ0v) is 15.1. The van der Waals surface area contributed by atoms with Crippen LogP contribution in [0.4, 0.5) is 0 Å². The molecule has 0 saturated heterocycles. The molecule has 6 nitrogen and oxygen atoms in total. The van der Waals surface area contributed by atoms with Crippen molar-refractivity contribution in [3.8, 4) is 0 Å². The number of hydrogen-bond acceptors (Lipinski definition) is 4. The van der Waals surface area contributed by atoms with E-state index in [1.54, 1.807) is 18.2 Å². The van der Waals surface area contributed by atoms with Crippen LogP contribution in [0.5, 0.6) is 0 Å². The Morgan fingerprint density at radius 1 is 0.739 bits per heavy atom. The van der Waals surface area contributed by atoms with E-state index >= 15 is 0 Å². The van der Waals surface area contributed by atoms with Gasteiger partial charge in [0.25, 0.3) is 0 Å². The van der Waals surface area contributed by atoms with Crippen molar-refractivity contribution < 1.29 is 19.2 Å². The van der Waals surface area contributed by atoms with Gasteiger partial charge < -0.3 is 0 Å². The summed E-state index contributed by atoms with van der Waals surface area (Å²) >= 11 is 0.965. The summed E-state index contributed by atoms with van der Waals surface area (Å²) in [6, 6.07) is 4.78. The SMILES string of the molecule is CN1C(=O)c2ccc3c4c([c]([Sn])cc(c24)C1=O)C(=O)N(C)C3=O. The number of hydrogen-bond donors (Lipinski definition) is 0. The van der Waals surface area contributed by atoms with Gasteiger partial charge in [-0.3, -0.25) is 0 Å². The second-order valence-corrected chi connectivity index (χ2v) is 7.13. The number of imide groups is 2. The predicted molar refractivity (Wildman–Crippen MR) is 82.2 cm³/mol. The summed E-state index contributed by atoms with van der Waals surface area (Å²) in [5, 5.41) is 0.862. The van der Waals surface area contributed by atoms with Gasteiger partial charge in [0.2, 0.25) is 0 Å². The van der Waals surface area contributed by atoms with Crippen LogP contribution in [-0.4, -0.2) is 70.0 Å². The van der Waals surface area contributed by atoms with Crippen LogP contribution >= 0.6 is 0 Å². The third-order valence-corrected chi connectivity index (χ3v) is 5.53. The van der Waals surface area contributed by atoms with E-state index in [2.05, 4.69) is 0 Å².